The Bertz CT molecular complexity index is 2130. The van der Waals surface area contributed by atoms with Crippen LogP contribution in [0.15, 0.2) is 6.07 Å². The Kier molecular flexibility index (Phi) is 8.36. The van der Waals surface area contributed by atoms with Gasteiger partial charge in [-0.3, -0.25) is 33.6 Å². The molecule has 0 aromatic heterocycles. The zero-order chi connectivity index (χ0) is 39.6. The maximum absolute atomic E-state index is 15.0. The van der Waals surface area contributed by atoms with Gasteiger partial charge < -0.3 is 44.5 Å². The Hall–Kier alpha value is -5.19. The minimum Gasteiger partial charge on any atom is -0.507 e. The second-order valence-corrected chi connectivity index (χ2v) is 15.0. The van der Waals surface area contributed by atoms with E-state index in [1.165, 1.54) is 20.1 Å². The van der Waals surface area contributed by atoms with E-state index < -0.39 is 148 Å². The van der Waals surface area contributed by atoms with Crippen LogP contribution in [0.1, 0.15) is 131 Å². The molecule has 2 bridgehead atoms. The van der Waals surface area contributed by atoms with Crippen LogP contribution in [0.25, 0.3) is 0 Å². The molecular formula is C38H38O16. The number of carboxylic acids is 1. The van der Waals surface area contributed by atoms with Gasteiger partial charge in [0.1, 0.15) is 23.0 Å². The number of fused-ring (bicyclic) bond motifs is 10. The van der Waals surface area contributed by atoms with Gasteiger partial charge in [0.25, 0.3) is 0 Å². The summed E-state index contributed by atoms with van der Waals surface area (Å²) in [5.74, 6) is -10.7. The molecule has 286 valence electrons. The first-order chi connectivity index (χ1) is 25.2. The Labute approximate surface area is 307 Å². The van der Waals surface area contributed by atoms with Crippen molar-refractivity contribution in [1.82, 2.24) is 0 Å². The molecule has 0 saturated carbocycles. The lowest BCUT2D eigenvalue weighted by molar-refractivity contribution is -0.204. The van der Waals surface area contributed by atoms with Crippen molar-refractivity contribution in [3.63, 3.8) is 0 Å². The molecule has 1 unspecified atom stereocenters. The monoisotopic (exact) mass is 750 g/mol. The predicted octanol–water partition coefficient (Wildman–Crippen LogP) is 2.59. The second-order valence-electron chi connectivity index (χ2n) is 15.0. The van der Waals surface area contributed by atoms with Crippen LogP contribution < -0.4 is 0 Å². The molecule has 7 rings (SSSR count). The van der Waals surface area contributed by atoms with Gasteiger partial charge in [-0.25, -0.2) is 0 Å². The summed E-state index contributed by atoms with van der Waals surface area (Å²) in [5, 5.41) is 58.0. The van der Waals surface area contributed by atoms with Gasteiger partial charge >= 0.3 is 17.9 Å². The SMILES string of the molecule is COC(=O)C[C@H]1Cc2cc3c(c(O)c2[C@H](C)O1)C(=O)[C@H]1CC3(OC(C)=O)c2c(O)c3c(c(O)c21)C(=O)[C@]1(O)[C@H](C)O[C@@H](CC(=O)O)C[C@]1(CC(C)=O)C3=O. The number of aliphatic hydroxyl groups is 1. The molecule has 2 aromatic rings. The molecular weight excluding hydrogens is 712 g/mol. The standard InChI is InChI=1S/C38H38O16/c1-13(39)10-36-11-19(8-22(41)42)53-15(3)38(36,50)35(49)27-28(34(36)48)33(47)29-25(32(27)46)20-12-37(29,54-16(4)40)21-7-17-6-18(9-23(43)51-5)52-14(2)24(17)31(45)26(21)30(20)44/h7,14-15,18-20,45-47,50H,6,8-12H2,1-5H3,(H,41,42)/t14-,15-,18+,19-,20-,36+,37?,38+/m0/s1. The molecule has 16 heteroatoms. The van der Waals surface area contributed by atoms with Crippen LogP contribution in [0.5, 0.6) is 17.2 Å². The predicted molar refractivity (Wildman–Crippen MR) is 178 cm³/mol. The van der Waals surface area contributed by atoms with Crippen LogP contribution in [-0.2, 0) is 50.1 Å². The molecule has 2 heterocycles. The number of hydrogen-bond donors (Lipinski definition) is 5. The van der Waals surface area contributed by atoms with Gasteiger partial charge in [0.05, 0.1) is 78.0 Å². The lowest BCUT2D eigenvalue weighted by Gasteiger charge is -2.55. The third-order valence-electron chi connectivity index (χ3n) is 11.8. The highest BCUT2D eigenvalue weighted by atomic mass is 16.6. The molecule has 5 N–H and O–H groups in total. The van der Waals surface area contributed by atoms with E-state index in [2.05, 4.69) is 0 Å². The van der Waals surface area contributed by atoms with Crippen LogP contribution in [0.3, 0.4) is 0 Å². The van der Waals surface area contributed by atoms with Crippen molar-refractivity contribution in [3.8, 4) is 17.2 Å². The third-order valence-corrected chi connectivity index (χ3v) is 11.8. The number of phenols is 3. The molecule has 3 aliphatic carbocycles. The van der Waals surface area contributed by atoms with Crippen molar-refractivity contribution in [2.75, 3.05) is 7.11 Å². The molecule has 5 aliphatic rings. The molecule has 54 heavy (non-hydrogen) atoms. The lowest BCUT2D eigenvalue weighted by Crippen LogP contribution is -2.71. The lowest BCUT2D eigenvalue weighted by atomic mass is 9.52. The first-order valence-corrected chi connectivity index (χ1v) is 17.4. The van der Waals surface area contributed by atoms with Gasteiger partial charge in [-0.05, 0) is 45.2 Å². The number of methoxy groups -OCH3 is 1. The van der Waals surface area contributed by atoms with Crippen molar-refractivity contribution in [1.29, 1.82) is 0 Å². The molecule has 2 aliphatic heterocycles. The topological polar surface area (TPSA) is 258 Å². The molecule has 1 saturated heterocycles. The van der Waals surface area contributed by atoms with Crippen molar-refractivity contribution < 1.29 is 78.0 Å². The summed E-state index contributed by atoms with van der Waals surface area (Å²) < 4.78 is 22.5. The fourth-order valence-electron chi connectivity index (χ4n) is 9.92. The normalized spacial score (nSPS) is 31.7. The number of benzene rings is 2. The number of aliphatic carboxylic acids is 1. The van der Waals surface area contributed by atoms with Gasteiger partial charge in [-0.15, -0.1) is 0 Å². The fraction of sp³-hybridized carbons (Fsp3) is 0.500. The van der Waals surface area contributed by atoms with Crippen LogP contribution in [0.4, 0.5) is 0 Å². The van der Waals surface area contributed by atoms with Gasteiger partial charge in [0.2, 0.25) is 5.78 Å². The number of carbonyl (C=O) groups excluding carboxylic acids is 6. The first-order valence-electron chi connectivity index (χ1n) is 17.4. The van der Waals surface area contributed by atoms with Crippen molar-refractivity contribution in [2.24, 2.45) is 5.41 Å². The van der Waals surface area contributed by atoms with E-state index in [1.54, 1.807) is 6.92 Å². The summed E-state index contributed by atoms with van der Waals surface area (Å²) in [5.41, 5.74) is -9.63. The molecule has 1 fully saturated rings. The molecule has 2 aromatic carbocycles. The Morgan fingerprint density at radius 3 is 2.13 bits per heavy atom. The maximum Gasteiger partial charge on any atom is 0.308 e. The zero-order valence-corrected chi connectivity index (χ0v) is 29.9. The highest BCUT2D eigenvalue weighted by Crippen LogP contribution is 2.66. The van der Waals surface area contributed by atoms with Gasteiger partial charge in [0, 0.05) is 36.5 Å². The number of hydrogen-bond acceptors (Lipinski definition) is 15. The number of ether oxygens (including phenoxy) is 4. The molecule has 0 radical (unpaired) electrons. The summed E-state index contributed by atoms with van der Waals surface area (Å²) in [4.78, 5) is 93.7. The average molecular weight is 751 g/mol. The Balaban J connectivity index is 1.51. The minimum atomic E-state index is -2.85. The molecule has 16 nitrogen and oxygen atoms in total. The average Bonchev–Trinajstić information content (AvgIpc) is 3.37. The minimum absolute atomic E-state index is 0.0363. The van der Waals surface area contributed by atoms with Crippen LogP contribution in [0, 0.1) is 5.41 Å². The second kappa shape index (κ2) is 12.2. The first kappa shape index (κ1) is 37.1. The number of phenolic OH excluding ortho intramolecular Hbond substituents is 3. The van der Waals surface area contributed by atoms with Gasteiger partial charge in [-0.1, -0.05) is 0 Å². The van der Waals surface area contributed by atoms with E-state index in [-0.39, 0.29) is 35.1 Å². The van der Waals surface area contributed by atoms with E-state index in [9.17, 15) is 59.1 Å². The zero-order valence-electron chi connectivity index (χ0n) is 29.9. The molecule has 0 amide bonds. The number of carboxylic acid groups (broad SMARTS) is 1. The Morgan fingerprint density at radius 2 is 1.52 bits per heavy atom. The number of aromatic hydroxyl groups is 3. The number of esters is 2. The number of rotatable bonds is 7. The summed E-state index contributed by atoms with van der Waals surface area (Å²) in [7, 11) is 1.21. The Morgan fingerprint density at radius 1 is 0.870 bits per heavy atom. The number of Topliss-reactive ketones (excluding diaryl/α,β-unsaturated/α-hetero) is 4. The van der Waals surface area contributed by atoms with Crippen molar-refractivity contribution in [2.45, 2.75) is 108 Å². The quantitative estimate of drug-likeness (QED) is 0.201. The summed E-state index contributed by atoms with van der Waals surface area (Å²) in [6, 6.07) is 1.48. The van der Waals surface area contributed by atoms with Gasteiger partial charge in [-0.2, -0.15) is 0 Å². The number of ketones is 4. The van der Waals surface area contributed by atoms with E-state index in [1.807, 2.05) is 0 Å². The third kappa shape index (κ3) is 4.75. The van der Waals surface area contributed by atoms with Crippen LogP contribution >= 0.6 is 0 Å². The van der Waals surface area contributed by atoms with Crippen LogP contribution in [0.2, 0.25) is 0 Å². The summed E-state index contributed by atoms with van der Waals surface area (Å²) in [6.45, 7) is 4.97. The van der Waals surface area contributed by atoms with E-state index >= 15 is 0 Å². The van der Waals surface area contributed by atoms with Crippen molar-refractivity contribution >= 4 is 41.0 Å². The summed E-state index contributed by atoms with van der Waals surface area (Å²) >= 11 is 0. The van der Waals surface area contributed by atoms with Crippen LogP contribution in [-0.4, -0.2) is 97.6 Å². The smallest absolute Gasteiger partial charge is 0.308 e. The van der Waals surface area contributed by atoms with Crippen molar-refractivity contribution in [3.05, 3.63) is 50.6 Å². The largest absolute Gasteiger partial charge is 0.507 e. The summed E-state index contributed by atoms with van der Waals surface area (Å²) in [6.07, 6.45) is -7.04. The number of carbonyl (C=O) groups is 7. The van der Waals surface area contributed by atoms with E-state index in [4.69, 9.17) is 18.9 Å². The molecule has 8 atom stereocenters. The van der Waals surface area contributed by atoms with E-state index in [0.717, 1.165) is 13.8 Å². The fourth-order valence-corrected chi connectivity index (χ4v) is 9.92. The van der Waals surface area contributed by atoms with E-state index in [0.29, 0.717) is 5.56 Å². The highest BCUT2D eigenvalue weighted by Gasteiger charge is 2.72. The highest BCUT2D eigenvalue weighted by molar-refractivity contribution is 6.25. The maximum atomic E-state index is 15.0. The molecule has 0 spiro atoms. The van der Waals surface area contributed by atoms with Gasteiger partial charge in [0.15, 0.2) is 22.8 Å².